The van der Waals surface area contributed by atoms with Gasteiger partial charge in [0.15, 0.2) is 0 Å². The Hall–Kier alpha value is -2.85. The average Bonchev–Trinajstić information content (AvgIpc) is 3.22. The number of rotatable bonds is 5. The van der Waals surface area contributed by atoms with Crippen molar-refractivity contribution in [2.24, 2.45) is 10.2 Å². The minimum absolute atomic E-state index is 0.0785. The summed E-state index contributed by atoms with van der Waals surface area (Å²) in [7, 11) is 0. The quantitative estimate of drug-likeness (QED) is 0.497. The zero-order valence-corrected chi connectivity index (χ0v) is 15.1. The van der Waals surface area contributed by atoms with Crippen LogP contribution in [-0.2, 0) is 11.8 Å². The summed E-state index contributed by atoms with van der Waals surface area (Å²) in [6, 6.07) is 20.5. The number of benzene rings is 2. The van der Waals surface area contributed by atoms with E-state index in [1.54, 1.807) is 11.3 Å². The Morgan fingerprint density at radius 1 is 0.962 bits per heavy atom. The highest BCUT2D eigenvalue weighted by atomic mass is 32.1. The molecule has 1 aromatic heterocycles. The molecule has 1 unspecified atom stereocenters. The van der Waals surface area contributed by atoms with Crippen molar-refractivity contribution in [3.05, 3.63) is 107 Å². The third-order valence-corrected chi connectivity index (χ3v) is 5.36. The van der Waals surface area contributed by atoms with Crippen LogP contribution in [0.2, 0.25) is 0 Å². The molecule has 0 fully saturated rings. The molecule has 0 aliphatic heterocycles. The molecular weight excluding hydrogens is 338 g/mol. The summed E-state index contributed by atoms with van der Waals surface area (Å²) >= 11 is 1.71. The van der Waals surface area contributed by atoms with E-state index in [1.807, 2.05) is 41.9 Å². The minimum Gasteiger partial charge on any atom is -0.250 e. The van der Waals surface area contributed by atoms with Gasteiger partial charge in [-0.05, 0) is 30.2 Å². The molecule has 4 heteroatoms. The van der Waals surface area contributed by atoms with E-state index < -0.39 is 0 Å². The van der Waals surface area contributed by atoms with Crippen LogP contribution in [0.4, 0.5) is 5.69 Å². The Morgan fingerprint density at radius 3 is 2.38 bits per heavy atom. The van der Waals surface area contributed by atoms with Crippen molar-refractivity contribution < 1.29 is 0 Å². The molecule has 0 bridgehead atoms. The van der Waals surface area contributed by atoms with Crippen molar-refractivity contribution in [2.75, 3.05) is 0 Å². The van der Waals surface area contributed by atoms with Crippen molar-refractivity contribution in [1.82, 2.24) is 4.98 Å². The molecule has 26 heavy (non-hydrogen) atoms. The van der Waals surface area contributed by atoms with Gasteiger partial charge < -0.3 is 0 Å². The molecule has 0 saturated carbocycles. The van der Waals surface area contributed by atoms with Crippen LogP contribution in [0.25, 0.3) is 0 Å². The molecule has 0 radical (unpaired) electrons. The van der Waals surface area contributed by atoms with E-state index >= 15 is 0 Å². The van der Waals surface area contributed by atoms with Crippen molar-refractivity contribution in [3.8, 4) is 0 Å². The van der Waals surface area contributed by atoms with Crippen LogP contribution in [0.5, 0.6) is 0 Å². The first-order valence-electron chi connectivity index (χ1n) is 8.64. The number of hydrogen-bond acceptors (Lipinski definition) is 4. The van der Waals surface area contributed by atoms with Crippen LogP contribution >= 0.6 is 11.3 Å². The molecule has 1 atom stereocenters. The van der Waals surface area contributed by atoms with E-state index in [9.17, 15) is 0 Å². The summed E-state index contributed by atoms with van der Waals surface area (Å²) in [6.45, 7) is 0. The zero-order chi connectivity index (χ0) is 17.7. The lowest BCUT2D eigenvalue weighted by atomic mass is 9.73. The van der Waals surface area contributed by atoms with Gasteiger partial charge in [-0.25, -0.2) is 4.98 Å². The Kier molecular flexibility index (Phi) is 4.84. The molecule has 1 heterocycles. The topological polar surface area (TPSA) is 37.6 Å². The van der Waals surface area contributed by atoms with Gasteiger partial charge in [-0.1, -0.05) is 60.7 Å². The molecule has 0 N–H and O–H groups in total. The number of allylic oxidation sites excluding steroid dienone is 3. The van der Waals surface area contributed by atoms with Gasteiger partial charge in [-0.15, -0.1) is 11.3 Å². The van der Waals surface area contributed by atoms with E-state index in [1.165, 1.54) is 5.56 Å². The van der Waals surface area contributed by atoms with Gasteiger partial charge in [0, 0.05) is 23.4 Å². The monoisotopic (exact) mass is 357 g/mol. The molecule has 4 rings (SSSR count). The summed E-state index contributed by atoms with van der Waals surface area (Å²) in [5.74, 6) is 0. The van der Waals surface area contributed by atoms with E-state index in [0.29, 0.717) is 0 Å². The maximum absolute atomic E-state index is 4.50. The lowest BCUT2D eigenvalue weighted by Gasteiger charge is -2.32. The third kappa shape index (κ3) is 3.70. The maximum atomic E-state index is 4.50. The van der Waals surface area contributed by atoms with Gasteiger partial charge in [-0.2, -0.15) is 10.2 Å². The number of thiazole rings is 1. The Labute approximate surface area is 157 Å². The Morgan fingerprint density at radius 2 is 1.73 bits per heavy atom. The highest BCUT2D eigenvalue weighted by Gasteiger charge is 2.31. The molecule has 3 nitrogen and oxygen atoms in total. The van der Waals surface area contributed by atoms with Crippen LogP contribution in [0, 0.1) is 0 Å². The summed E-state index contributed by atoms with van der Waals surface area (Å²) < 4.78 is 0. The predicted molar refractivity (Wildman–Crippen MR) is 107 cm³/mol. The zero-order valence-electron chi connectivity index (χ0n) is 14.3. The van der Waals surface area contributed by atoms with Crippen LogP contribution < -0.4 is 0 Å². The van der Waals surface area contributed by atoms with Crippen LogP contribution in [0.1, 0.15) is 17.0 Å². The highest BCUT2D eigenvalue weighted by molar-refractivity contribution is 7.09. The molecule has 2 aromatic carbocycles. The third-order valence-electron chi connectivity index (χ3n) is 4.58. The second kappa shape index (κ2) is 7.58. The summed E-state index contributed by atoms with van der Waals surface area (Å²) in [5, 5.41) is 11.9. The van der Waals surface area contributed by atoms with E-state index in [4.69, 9.17) is 0 Å². The molecule has 128 valence electrons. The van der Waals surface area contributed by atoms with Gasteiger partial charge in [0.25, 0.3) is 0 Å². The van der Waals surface area contributed by atoms with Gasteiger partial charge in [0.1, 0.15) is 0 Å². The first-order chi connectivity index (χ1) is 12.8. The van der Waals surface area contributed by atoms with Crippen LogP contribution in [0.3, 0.4) is 0 Å². The second-order valence-electron chi connectivity index (χ2n) is 6.33. The van der Waals surface area contributed by atoms with Gasteiger partial charge in [-0.3, -0.25) is 0 Å². The Bertz CT molecular complexity index is 928. The van der Waals surface area contributed by atoms with Crippen LogP contribution in [0.15, 0.2) is 106 Å². The molecule has 1 aliphatic rings. The predicted octanol–water partition coefficient (Wildman–Crippen LogP) is 6.25. The number of nitrogens with zero attached hydrogens (tertiary/aromatic N) is 3. The fourth-order valence-corrected chi connectivity index (χ4v) is 3.92. The fourth-order valence-electron chi connectivity index (χ4n) is 3.18. The van der Waals surface area contributed by atoms with Crippen molar-refractivity contribution in [3.63, 3.8) is 0 Å². The molecule has 1 aliphatic carbocycles. The lowest BCUT2D eigenvalue weighted by Crippen LogP contribution is -2.27. The van der Waals surface area contributed by atoms with Crippen LogP contribution in [-0.4, -0.2) is 4.98 Å². The van der Waals surface area contributed by atoms with E-state index in [-0.39, 0.29) is 5.41 Å². The number of aromatic nitrogens is 1. The normalized spacial score (nSPS) is 19.6. The SMILES string of the molecule is C1=CC(Cc2nccs2)(c2ccccc2)CC=C1N=Nc1ccccc1. The maximum Gasteiger partial charge on any atom is 0.0936 e. The Balaban J connectivity index is 1.59. The molecular formula is C22H19N3S. The van der Waals surface area contributed by atoms with Gasteiger partial charge in [0.2, 0.25) is 0 Å². The first kappa shape index (κ1) is 16.6. The van der Waals surface area contributed by atoms with Gasteiger partial charge in [0.05, 0.1) is 16.4 Å². The smallest absolute Gasteiger partial charge is 0.0936 e. The van der Waals surface area contributed by atoms with Crippen molar-refractivity contribution in [2.45, 2.75) is 18.3 Å². The molecule has 0 spiro atoms. The fraction of sp³-hybridized carbons (Fsp3) is 0.136. The van der Waals surface area contributed by atoms with E-state index in [0.717, 1.165) is 29.2 Å². The minimum atomic E-state index is -0.0785. The summed E-state index contributed by atoms with van der Waals surface area (Å²) in [4.78, 5) is 4.50. The summed E-state index contributed by atoms with van der Waals surface area (Å²) in [6.07, 6.45) is 10.2. The molecule has 0 amide bonds. The largest absolute Gasteiger partial charge is 0.250 e. The number of azo groups is 1. The van der Waals surface area contributed by atoms with Gasteiger partial charge >= 0.3 is 0 Å². The van der Waals surface area contributed by atoms with Crippen molar-refractivity contribution >= 4 is 17.0 Å². The molecule has 0 saturated heterocycles. The average molecular weight is 357 g/mol. The number of hydrogen-bond donors (Lipinski definition) is 0. The second-order valence-corrected chi connectivity index (χ2v) is 7.31. The first-order valence-corrected chi connectivity index (χ1v) is 9.52. The van der Waals surface area contributed by atoms with Crippen molar-refractivity contribution in [1.29, 1.82) is 0 Å². The summed E-state index contributed by atoms with van der Waals surface area (Å²) in [5.41, 5.74) is 3.00. The van der Waals surface area contributed by atoms with E-state index in [2.05, 4.69) is 63.8 Å². The standard InChI is InChI=1S/C22H19N3S/c1-3-7-18(8-4-1)22(17-21-23-15-16-26-21)13-11-20(12-14-22)25-24-19-9-5-2-6-10-19/h1-13,15-16H,14,17H2. The molecule has 3 aromatic rings. The lowest BCUT2D eigenvalue weighted by molar-refractivity contribution is 0.529. The highest BCUT2D eigenvalue weighted by Crippen LogP contribution is 2.38.